The third-order valence-electron chi connectivity index (χ3n) is 2.66. The molecule has 0 amide bonds. The third kappa shape index (κ3) is 2.66. The molecule has 0 unspecified atom stereocenters. The molecule has 102 valence electrons. The molecule has 1 aromatic carbocycles. The van der Waals surface area contributed by atoms with Crippen LogP contribution in [0.25, 0.3) is 11.5 Å². The summed E-state index contributed by atoms with van der Waals surface area (Å²) in [5.41, 5.74) is 1.36. The lowest BCUT2D eigenvalue weighted by molar-refractivity contribution is 0.418. The van der Waals surface area contributed by atoms with Gasteiger partial charge in [-0.2, -0.15) is 4.98 Å². The number of benzene rings is 1. The predicted molar refractivity (Wildman–Crippen MR) is 76.1 cm³/mol. The number of phenolic OH excluding ortho intramolecular Hbond substituents is 1. The van der Waals surface area contributed by atoms with Crippen molar-refractivity contribution in [1.29, 1.82) is 0 Å². The summed E-state index contributed by atoms with van der Waals surface area (Å²) in [4.78, 5) is 8.61. The standard InChI is InChI=1S/C13H10ClN3O2S/c1-7-15-9(6-20-7)5-12-16-13(19-17-12)10-3-2-8(14)4-11(10)18/h2-4,6,18H,5H2,1H3. The summed E-state index contributed by atoms with van der Waals surface area (Å²) in [6.07, 6.45) is 0.502. The summed E-state index contributed by atoms with van der Waals surface area (Å²) in [7, 11) is 0. The van der Waals surface area contributed by atoms with E-state index in [1.807, 2.05) is 12.3 Å². The molecule has 7 heteroatoms. The molecular formula is C13H10ClN3O2S. The first-order valence-electron chi connectivity index (χ1n) is 5.84. The van der Waals surface area contributed by atoms with Gasteiger partial charge in [-0.3, -0.25) is 0 Å². The van der Waals surface area contributed by atoms with E-state index < -0.39 is 0 Å². The van der Waals surface area contributed by atoms with Crippen molar-refractivity contribution in [2.45, 2.75) is 13.3 Å². The van der Waals surface area contributed by atoms with Crippen molar-refractivity contribution in [1.82, 2.24) is 15.1 Å². The van der Waals surface area contributed by atoms with Gasteiger partial charge in [0, 0.05) is 10.4 Å². The average molecular weight is 308 g/mol. The number of halogens is 1. The van der Waals surface area contributed by atoms with Gasteiger partial charge >= 0.3 is 0 Å². The molecule has 1 N–H and O–H groups in total. The van der Waals surface area contributed by atoms with E-state index in [0.29, 0.717) is 22.8 Å². The first-order valence-corrected chi connectivity index (χ1v) is 7.10. The zero-order valence-electron chi connectivity index (χ0n) is 10.5. The monoisotopic (exact) mass is 307 g/mol. The summed E-state index contributed by atoms with van der Waals surface area (Å²) in [5.74, 6) is 0.804. The largest absolute Gasteiger partial charge is 0.507 e. The molecule has 0 spiro atoms. The fourth-order valence-corrected chi connectivity index (χ4v) is 2.55. The van der Waals surface area contributed by atoms with Gasteiger partial charge in [-0.05, 0) is 25.1 Å². The van der Waals surface area contributed by atoms with Crippen LogP contribution in [-0.4, -0.2) is 20.2 Å². The SMILES string of the molecule is Cc1nc(Cc2noc(-c3ccc(Cl)cc3O)n2)cs1. The van der Waals surface area contributed by atoms with Crippen LogP contribution in [0.4, 0.5) is 0 Å². The third-order valence-corrected chi connectivity index (χ3v) is 3.72. The minimum Gasteiger partial charge on any atom is -0.507 e. The first-order chi connectivity index (χ1) is 9.61. The summed E-state index contributed by atoms with van der Waals surface area (Å²) in [6.45, 7) is 1.95. The molecule has 0 bridgehead atoms. The molecule has 2 aromatic heterocycles. The normalized spacial score (nSPS) is 10.9. The molecule has 20 heavy (non-hydrogen) atoms. The highest BCUT2D eigenvalue weighted by molar-refractivity contribution is 7.09. The van der Waals surface area contributed by atoms with Gasteiger partial charge in [0.2, 0.25) is 0 Å². The van der Waals surface area contributed by atoms with Gasteiger partial charge in [0.25, 0.3) is 5.89 Å². The quantitative estimate of drug-likeness (QED) is 0.802. The molecule has 0 aliphatic heterocycles. The molecule has 0 saturated carbocycles. The van der Waals surface area contributed by atoms with Crippen molar-refractivity contribution in [3.05, 3.63) is 45.1 Å². The zero-order chi connectivity index (χ0) is 14.1. The Bertz CT molecular complexity index is 754. The van der Waals surface area contributed by atoms with Crippen LogP contribution in [0.5, 0.6) is 5.75 Å². The van der Waals surface area contributed by atoms with Gasteiger partial charge < -0.3 is 9.63 Å². The molecule has 0 fully saturated rings. The van der Waals surface area contributed by atoms with Gasteiger partial charge in [-0.25, -0.2) is 4.98 Å². The molecule has 2 heterocycles. The highest BCUT2D eigenvalue weighted by Crippen LogP contribution is 2.30. The van der Waals surface area contributed by atoms with Gasteiger partial charge in [-0.15, -0.1) is 11.3 Å². The number of aromatic hydroxyl groups is 1. The lowest BCUT2D eigenvalue weighted by Gasteiger charge is -1.98. The van der Waals surface area contributed by atoms with E-state index in [1.165, 1.54) is 6.07 Å². The molecule has 0 saturated heterocycles. The lowest BCUT2D eigenvalue weighted by Crippen LogP contribution is -1.91. The maximum Gasteiger partial charge on any atom is 0.261 e. The zero-order valence-corrected chi connectivity index (χ0v) is 12.1. The van der Waals surface area contributed by atoms with Crippen LogP contribution in [0, 0.1) is 6.92 Å². The first kappa shape index (κ1) is 13.1. The molecule has 0 atom stereocenters. The van der Waals surface area contributed by atoms with Crippen molar-refractivity contribution >= 4 is 22.9 Å². The minimum absolute atomic E-state index is 0.0113. The summed E-state index contributed by atoms with van der Waals surface area (Å²) < 4.78 is 5.16. The van der Waals surface area contributed by atoms with Crippen molar-refractivity contribution in [2.24, 2.45) is 0 Å². The predicted octanol–water partition coefficient (Wildman–Crippen LogP) is 3.45. The Morgan fingerprint density at radius 3 is 2.90 bits per heavy atom. The van der Waals surface area contributed by atoms with Crippen LogP contribution in [0.3, 0.4) is 0 Å². The molecule has 0 aliphatic rings. The molecule has 3 rings (SSSR count). The Kier molecular flexibility index (Phi) is 3.42. The van der Waals surface area contributed by atoms with Gasteiger partial charge in [0.05, 0.1) is 22.7 Å². The van der Waals surface area contributed by atoms with E-state index in [-0.39, 0.29) is 11.6 Å². The van der Waals surface area contributed by atoms with Crippen LogP contribution >= 0.6 is 22.9 Å². The lowest BCUT2D eigenvalue weighted by atomic mass is 10.2. The fraction of sp³-hybridized carbons (Fsp3) is 0.154. The molecule has 0 aliphatic carbocycles. The average Bonchev–Trinajstić information content (AvgIpc) is 2.99. The Balaban J connectivity index is 1.86. The number of phenols is 1. The number of nitrogens with zero attached hydrogens (tertiary/aromatic N) is 3. The van der Waals surface area contributed by atoms with Crippen molar-refractivity contribution in [3.8, 4) is 17.2 Å². The van der Waals surface area contributed by atoms with E-state index in [9.17, 15) is 5.11 Å². The van der Waals surface area contributed by atoms with E-state index in [4.69, 9.17) is 16.1 Å². The number of aryl methyl sites for hydroxylation is 1. The number of hydrogen-bond acceptors (Lipinski definition) is 6. The van der Waals surface area contributed by atoms with Crippen molar-refractivity contribution in [2.75, 3.05) is 0 Å². The van der Waals surface area contributed by atoms with Crippen LogP contribution in [0.1, 0.15) is 16.5 Å². The topological polar surface area (TPSA) is 72.0 Å². The second-order valence-corrected chi connectivity index (χ2v) is 5.71. The number of aromatic nitrogens is 3. The van der Waals surface area contributed by atoms with Crippen molar-refractivity contribution in [3.63, 3.8) is 0 Å². The Hall–Kier alpha value is -1.92. The van der Waals surface area contributed by atoms with E-state index in [2.05, 4.69) is 15.1 Å². The van der Waals surface area contributed by atoms with Crippen LogP contribution < -0.4 is 0 Å². The highest BCUT2D eigenvalue weighted by atomic mass is 35.5. The highest BCUT2D eigenvalue weighted by Gasteiger charge is 2.14. The van der Waals surface area contributed by atoms with Crippen molar-refractivity contribution < 1.29 is 9.63 Å². The number of thiazole rings is 1. The molecule has 3 aromatic rings. The summed E-state index contributed by atoms with van der Waals surface area (Å²) in [6, 6.07) is 4.73. The molecular weight excluding hydrogens is 298 g/mol. The van der Waals surface area contributed by atoms with E-state index >= 15 is 0 Å². The number of rotatable bonds is 3. The maximum atomic E-state index is 9.82. The minimum atomic E-state index is 0.0113. The smallest absolute Gasteiger partial charge is 0.261 e. The Labute approximate surface area is 123 Å². The van der Waals surface area contributed by atoms with Crippen LogP contribution in [0.2, 0.25) is 5.02 Å². The number of hydrogen-bond donors (Lipinski definition) is 1. The van der Waals surface area contributed by atoms with Gasteiger partial charge in [0.1, 0.15) is 5.75 Å². The fourth-order valence-electron chi connectivity index (χ4n) is 1.77. The van der Waals surface area contributed by atoms with E-state index in [1.54, 1.807) is 23.5 Å². The van der Waals surface area contributed by atoms with Crippen LogP contribution in [-0.2, 0) is 6.42 Å². The van der Waals surface area contributed by atoms with E-state index in [0.717, 1.165) is 10.7 Å². The van der Waals surface area contributed by atoms with Gasteiger partial charge in [0.15, 0.2) is 5.82 Å². The maximum absolute atomic E-state index is 9.82. The van der Waals surface area contributed by atoms with Crippen LogP contribution in [0.15, 0.2) is 28.1 Å². The summed E-state index contributed by atoms with van der Waals surface area (Å²) in [5, 5.41) is 17.1. The Morgan fingerprint density at radius 1 is 1.35 bits per heavy atom. The molecule has 5 nitrogen and oxygen atoms in total. The second kappa shape index (κ2) is 5.22. The molecule has 0 radical (unpaired) electrons. The van der Waals surface area contributed by atoms with Gasteiger partial charge in [-0.1, -0.05) is 16.8 Å². The summed E-state index contributed by atoms with van der Waals surface area (Å²) >= 11 is 7.36. The Morgan fingerprint density at radius 2 is 2.20 bits per heavy atom. The second-order valence-electron chi connectivity index (χ2n) is 4.21.